The Hall–Kier alpha value is -0.770. The first-order valence-electron chi connectivity index (χ1n) is 7.01. The molecule has 0 atom stereocenters. The summed E-state index contributed by atoms with van der Waals surface area (Å²) in [6.45, 7) is 5.93. The van der Waals surface area contributed by atoms with Gasteiger partial charge < -0.3 is 15.3 Å². The molecule has 2 N–H and O–H groups in total. The summed E-state index contributed by atoms with van der Waals surface area (Å²) in [6, 6.07) is 7.25. The number of rotatable bonds is 7. The number of hydrogen-bond acceptors (Lipinski definition) is 3. The van der Waals surface area contributed by atoms with Crippen LogP contribution in [0.25, 0.3) is 0 Å². The molecule has 0 aliphatic heterocycles. The maximum atomic E-state index is 9.17. The SMILES string of the molecule is CC(C)NCc1ccc(N(CCO)C2CC2)c(Cl)c1. The number of aliphatic hydroxyl groups excluding tert-OH is 1. The molecule has 0 aromatic heterocycles. The smallest absolute Gasteiger partial charge is 0.0642 e. The van der Waals surface area contributed by atoms with E-state index in [1.165, 1.54) is 18.4 Å². The molecule has 1 aromatic carbocycles. The molecule has 1 fully saturated rings. The molecule has 1 aromatic rings. The number of nitrogens with zero attached hydrogens (tertiary/aromatic N) is 1. The van der Waals surface area contributed by atoms with E-state index >= 15 is 0 Å². The summed E-state index contributed by atoms with van der Waals surface area (Å²) >= 11 is 6.40. The first-order valence-corrected chi connectivity index (χ1v) is 7.39. The maximum absolute atomic E-state index is 9.17. The third-order valence-corrected chi connectivity index (χ3v) is 3.67. The van der Waals surface area contributed by atoms with E-state index in [1.807, 2.05) is 6.07 Å². The highest BCUT2D eigenvalue weighted by Crippen LogP contribution is 2.35. The van der Waals surface area contributed by atoms with Crippen molar-refractivity contribution in [2.75, 3.05) is 18.1 Å². The van der Waals surface area contributed by atoms with Crippen molar-refractivity contribution < 1.29 is 5.11 Å². The average Bonchev–Trinajstić information content (AvgIpc) is 3.18. The number of aliphatic hydroxyl groups is 1. The van der Waals surface area contributed by atoms with Crippen LogP contribution in [0, 0.1) is 0 Å². The van der Waals surface area contributed by atoms with Gasteiger partial charge in [-0.1, -0.05) is 31.5 Å². The molecule has 1 aliphatic carbocycles. The number of anilines is 1. The van der Waals surface area contributed by atoms with Crippen LogP contribution in [-0.2, 0) is 6.54 Å². The lowest BCUT2D eigenvalue weighted by Crippen LogP contribution is -2.29. The van der Waals surface area contributed by atoms with Gasteiger partial charge in [0.05, 0.1) is 17.3 Å². The Morgan fingerprint density at radius 3 is 2.68 bits per heavy atom. The van der Waals surface area contributed by atoms with Gasteiger partial charge >= 0.3 is 0 Å². The molecule has 4 heteroatoms. The predicted molar refractivity (Wildman–Crippen MR) is 80.9 cm³/mol. The van der Waals surface area contributed by atoms with Crippen LogP contribution in [0.1, 0.15) is 32.3 Å². The standard InChI is InChI=1S/C15H23ClN2O/c1-11(2)17-10-12-3-6-15(14(16)9-12)18(7-8-19)13-4-5-13/h3,6,9,11,13,17,19H,4-5,7-8,10H2,1-2H3. The molecule has 0 saturated heterocycles. The number of hydrogen-bond donors (Lipinski definition) is 2. The van der Waals surface area contributed by atoms with Crippen LogP contribution >= 0.6 is 11.6 Å². The van der Waals surface area contributed by atoms with E-state index in [4.69, 9.17) is 11.6 Å². The van der Waals surface area contributed by atoms with Gasteiger partial charge in [-0.05, 0) is 30.5 Å². The van der Waals surface area contributed by atoms with Crippen molar-refractivity contribution in [3.8, 4) is 0 Å². The highest BCUT2D eigenvalue weighted by molar-refractivity contribution is 6.33. The molecule has 0 radical (unpaired) electrons. The third kappa shape index (κ3) is 4.10. The summed E-state index contributed by atoms with van der Waals surface area (Å²) in [5.74, 6) is 0. The predicted octanol–water partition coefficient (Wildman–Crippen LogP) is 2.80. The molecule has 0 heterocycles. The summed E-state index contributed by atoms with van der Waals surface area (Å²) in [6.07, 6.45) is 2.40. The van der Waals surface area contributed by atoms with Crippen LogP contribution in [0.5, 0.6) is 0 Å². The van der Waals surface area contributed by atoms with Crippen molar-refractivity contribution in [2.45, 2.75) is 45.3 Å². The zero-order valence-corrected chi connectivity index (χ0v) is 12.5. The normalized spacial score (nSPS) is 15.0. The maximum Gasteiger partial charge on any atom is 0.0642 e. The van der Waals surface area contributed by atoms with E-state index in [0.29, 0.717) is 18.6 Å². The van der Waals surface area contributed by atoms with Gasteiger partial charge in [-0.25, -0.2) is 0 Å². The summed E-state index contributed by atoms with van der Waals surface area (Å²) in [7, 11) is 0. The molecular weight excluding hydrogens is 260 g/mol. The largest absolute Gasteiger partial charge is 0.395 e. The van der Waals surface area contributed by atoms with E-state index in [9.17, 15) is 5.11 Å². The van der Waals surface area contributed by atoms with Gasteiger partial charge in [0.1, 0.15) is 0 Å². The Kier molecular flexibility index (Phi) is 5.08. The number of benzene rings is 1. The topological polar surface area (TPSA) is 35.5 Å². The first kappa shape index (κ1) is 14.6. The van der Waals surface area contributed by atoms with E-state index in [1.54, 1.807) is 0 Å². The van der Waals surface area contributed by atoms with Crippen LogP contribution in [0.15, 0.2) is 18.2 Å². The minimum absolute atomic E-state index is 0.170. The van der Waals surface area contributed by atoms with Crippen LogP contribution in [0.4, 0.5) is 5.69 Å². The lowest BCUT2D eigenvalue weighted by atomic mass is 10.1. The molecule has 0 spiro atoms. The summed E-state index contributed by atoms with van der Waals surface area (Å²) in [4.78, 5) is 2.22. The molecule has 0 amide bonds. The van der Waals surface area contributed by atoms with Crippen LogP contribution < -0.4 is 10.2 Å². The second kappa shape index (κ2) is 6.60. The Morgan fingerprint density at radius 2 is 2.16 bits per heavy atom. The highest BCUT2D eigenvalue weighted by atomic mass is 35.5. The Balaban J connectivity index is 2.08. The molecule has 0 bridgehead atoms. The summed E-state index contributed by atoms with van der Waals surface area (Å²) in [5.41, 5.74) is 2.24. The van der Waals surface area contributed by atoms with Crippen molar-refractivity contribution in [2.24, 2.45) is 0 Å². The Morgan fingerprint density at radius 1 is 1.42 bits per heavy atom. The van der Waals surface area contributed by atoms with Gasteiger partial charge in [-0.15, -0.1) is 0 Å². The fraction of sp³-hybridized carbons (Fsp3) is 0.600. The lowest BCUT2D eigenvalue weighted by Gasteiger charge is -2.25. The molecule has 1 saturated carbocycles. The Bertz CT molecular complexity index is 419. The van der Waals surface area contributed by atoms with Crippen LogP contribution in [0.3, 0.4) is 0 Å². The fourth-order valence-corrected chi connectivity index (χ4v) is 2.52. The van der Waals surface area contributed by atoms with Crippen molar-refractivity contribution in [1.82, 2.24) is 5.32 Å². The molecule has 1 aliphatic rings. The molecule has 0 unspecified atom stereocenters. The van der Waals surface area contributed by atoms with Gasteiger partial charge in [-0.2, -0.15) is 0 Å². The van der Waals surface area contributed by atoms with Crippen molar-refractivity contribution in [1.29, 1.82) is 0 Å². The number of halogens is 1. The number of nitrogens with one attached hydrogen (secondary N) is 1. The molecule has 19 heavy (non-hydrogen) atoms. The summed E-state index contributed by atoms with van der Waals surface area (Å²) in [5, 5.41) is 13.3. The van der Waals surface area contributed by atoms with Gasteiger partial charge in [0, 0.05) is 25.2 Å². The third-order valence-electron chi connectivity index (χ3n) is 3.36. The Labute approximate surface area is 120 Å². The summed E-state index contributed by atoms with van der Waals surface area (Å²) < 4.78 is 0. The quantitative estimate of drug-likeness (QED) is 0.807. The minimum atomic E-state index is 0.170. The second-order valence-corrected chi connectivity index (χ2v) is 5.88. The zero-order valence-electron chi connectivity index (χ0n) is 11.7. The lowest BCUT2D eigenvalue weighted by molar-refractivity contribution is 0.301. The second-order valence-electron chi connectivity index (χ2n) is 5.47. The van der Waals surface area contributed by atoms with Gasteiger partial charge in [-0.3, -0.25) is 0 Å². The zero-order chi connectivity index (χ0) is 13.8. The van der Waals surface area contributed by atoms with E-state index in [0.717, 1.165) is 17.3 Å². The molecule has 106 valence electrons. The van der Waals surface area contributed by atoms with Gasteiger partial charge in [0.2, 0.25) is 0 Å². The highest BCUT2D eigenvalue weighted by Gasteiger charge is 2.29. The minimum Gasteiger partial charge on any atom is -0.395 e. The molecule has 2 rings (SSSR count). The van der Waals surface area contributed by atoms with Crippen molar-refractivity contribution in [3.05, 3.63) is 28.8 Å². The van der Waals surface area contributed by atoms with Crippen LogP contribution in [0.2, 0.25) is 5.02 Å². The van der Waals surface area contributed by atoms with E-state index in [-0.39, 0.29) is 6.61 Å². The van der Waals surface area contributed by atoms with Gasteiger partial charge in [0.15, 0.2) is 0 Å². The van der Waals surface area contributed by atoms with Crippen molar-refractivity contribution in [3.63, 3.8) is 0 Å². The van der Waals surface area contributed by atoms with Gasteiger partial charge in [0.25, 0.3) is 0 Å². The van der Waals surface area contributed by atoms with E-state index in [2.05, 4.69) is 36.2 Å². The van der Waals surface area contributed by atoms with Crippen molar-refractivity contribution >= 4 is 17.3 Å². The monoisotopic (exact) mass is 282 g/mol. The molecular formula is C15H23ClN2O. The van der Waals surface area contributed by atoms with E-state index < -0.39 is 0 Å². The first-order chi connectivity index (χ1) is 9.11. The average molecular weight is 283 g/mol. The molecule has 3 nitrogen and oxygen atoms in total. The fourth-order valence-electron chi connectivity index (χ4n) is 2.21. The van der Waals surface area contributed by atoms with Crippen LogP contribution in [-0.4, -0.2) is 30.3 Å².